The summed E-state index contributed by atoms with van der Waals surface area (Å²) in [7, 11) is -4.98. The highest BCUT2D eigenvalue weighted by atomic mass is 31.1. The Labute approximate surface area is 152 Å². The summed E-state index contributed by atoms with van der Waals surface area (Å²) >= 11 is 0. The van der Waals surface area contributed by atoms with Gasteiger partial charge in [-0.25, -0.2) is 18.1 Å². The highest BCUT2D eigenvalue weighted by Crippen LogP contribution is 2.40. The van der Waals surface area contributed by atoms with Crippen LogP contribution in [0.5, 0.6) is 23.0 Å². The van der Waals surface area contributed by atoms with Crippen molar-refractivity contribution in [3.05, 3.63) is 84.9 Å². The molecule has 3 aromatic rings. The molecule has 26 heavy (non-hydrogen) atoms. The molecule has 0 spiro atoms. The Balaban J connectivity index is 1.64. The first-order valence-corrected chi connectivity index (χ1v) is 9.75. The summed E-state index contributed by atoms with van der Waals surface area (Å²) in [5.74, 6) is 1.07. The molecule has 0 radical (unpaired) electrons. The van der Waals surface area contributed by atoms with Crippen molar-refractivity contribution in [2.24, 2.45) is 0 Å². The molecule has 130 valence electrons. The summed E-state index contributed by atoms with van der Waals surface area (Å²) in [5.41, 5.74) is 0. The Hall–Kier alpha value is -2.94. The van der Waals surface area contributed by atoms with E-state index in [0.717, 1.165) is 0 Å². The molecular weight excluding hydrogens is 374 g/mol. The van der Waals surface area contributed by atoms with Crippen LogP contribution in [0.4, 0.5) is 0 Å². The van der Waals surface area contributed by atoms with E-state index in [0.29, 0.717) is 11.5 Å². The van der Waals surface area contributed by atoms with Crippen LogP contribution in [0.15, 0.2) is 84.9 Å². The zero-order valence-corrected chi connectivity index (χ0v) is 15.2. The second-order valence-corrected chi connectivity index (χ2v) is 6.51. The van der Waals surface area contributed by atoms with Crippen LogP contribution in [0, 0.1) is 0 Å². The smallest absolute Gasteiger partial charge is 0.222 e. The van der Waals surface area contributed by atoms with Crippen LogP contribution in [-0.4, -0.2) is 0 Å². The first-order valence-electron chi connectivity index (χ1n) is 7.56. The Bertz CT molecular complexity index is 812. The van der Waals surface area contributed by atoms with E-state index >= 15 is 0 Å². The van der Waals surface area contributed by atoms with Gasteiger partial charge in [0, 0.05) is 9.13 Å². The van der Waals surface area contributed by atoms with Gasteiger partial charge in [-0.1, -0.05) is 48.5 Å². The molecule has 0 aliphatic rings. The average molecular weight is 388 g/mol. The SMILES string of the molecule is O=[P+](Oc1ccccc1)Oc1ccccc1O[P+](=O)Oc1ccccc1. The van der Waals surface area contributed by atoms with Gasteiger partial charge in [0.1, 0.15) is 0 Å². The molecule has 3 aromatic carbocycles. The highest BCUT2D eigenvalue weighted by Gasteiger charge is 2.31. The van der Waals surface area contributed by atoms with Crippen molar-refractivity contribution >= 4 is 16.5 Å². The summed E-state index contributed by atoms with van der Waals surface area (Å²) < 4.78 is 45.1. The lowest BCUT2D eigenvalue weighted by atomic mass is 10.3. The summed E-state index contributed by atoms with van der Waals surface area (Å²) in [6.45, 7) is 0. The number of hydrogen-bond acceptors (Lipinski definition) is 6. The molecule has 0 fully saturated rings. The largest absolute Gasteiger partial charge is 0.805 e. The number of para-hydroxylation sites is 4. The van der Waals surface area contributed by atoms with Gasteiger partial charge in [0.25, 0.3) is 0 Å². The summed E-state index contributed by atoms with van der Waals surface area (Å²) in [5, 5.41) is 0. The number of rotatable bonds is 8. The summed E-state index contributed by atoms with van der Waals surface area (Å²) in [4.78, 5) is 0. The molecule has 0 bridgehead atoms. The maximum atomic E-state index is 12.1. The fourth-order valence-electron chi connectivity index (χ4n) is 1.93. The minimum Gasteiger partial charge on any atom is -0.222 e. The standard InChI is InChI=1S/C18H14O6P2/c19-25(21-15-9-3-1-4-10-15)23-17-13-7-8-14-18(17)24-26(20)22-16-11-5-2-6-12-16/h1-14H/q+2. The van der Waals surface area contributed by atoms with Crippen LogP contribution in [0.25, 0.3) is 0 Å². The summed E-state index contributed by atoms with van der Waals surface area (Å²) in [6.07, 6.45) is 0. The van der Waals surface area contributed by atoms with Gasteiger partial charge >= 0.3 is 16.5 Å². The van der Waals surface area contributed by atoms with Gasteiger partial charge < -0.3 is 0 Å². The Kier molecular flexibility index (Phi) is 6.15. The second-order valence-electron chi connectivity index (χ2n) is 4.89. The van der Waals surface area contributed by atoms with Crippen molar-refractivity contribution in [1.29, 1.82) is 0 Å². The Morgan fingerprint density at radius 2 is 0.808 bits per heavy atom. The monoisotopic (exact) mass is 388 g/mol. The molecule has 2 unspecified atom stereocenters. The molecule has 0 saturated carbocycles. The lowest BCUT2D eigenvalue weighted by Gasteiger charge is -1.98. The van der Waals surface area contributed by atoms with Gasteiger partial charge in [-0.05, 0) is 36.4 Å². The number of benzene rings is 3. The molecule has 2 atom stereocenters. The Morgan fingerprint density at radius 1 is 0.462 bits per heavy atom. The second kappa shape index (κ2) is 8.95. The van der Waals surface area contributed by atoms with Gasteiger partial charge in [0.2, 0.25) is 11.5 Å². The molecule has 6 nitrogen and oxygen atoms in total. The van der Waals surface area contributed by atoms with E-state index < -0.39 is 16.5 Å². The van der Waals surface area contributed by atoms with Crippen LogP contribution in [0.3, 0.4) is 0 Å². The average Bonchev–Trinajstić information content (AvgIpc) is 2.65. The third kappa shape index (κ3) is 5.28. The topological polar surface area (TPSA) is 71.1 Å². The Morgan fingerprint density at radius 3 is 1.19 bits per heavy atom. The van der Waals surface area contributed by atoms with Crippen LogP contribution < -0.4 is 18.1 Å². The van der Waals surface area contributed by atoms with Gasteiger partial charge in [-0.3, -0.25) is 0 Å². The predicted octanol–water partition coefficient (Wildman–Crippen LogP) is 5.92. The van der Waals surface area contributed by atoms with Crippen molar-refractivity contribution in [1.82, 2.24) is 0 Å². The van der Waals surface area contributed by atoms with E-state index in [4.69, 9.17) is 18.1 Å². The molecule has 0 aliphatic carbocycles. The molecule has 0 aromatic heterocycles. The van der Waals surface area contributed by atoms with E-state index in [2.05, 4.69) is 0 Å². The van der Waals surface area contributed by atoms with Crippen molar-refractivity contribution in [2.45, 2.75) is 0 Å². The van der Waals surface area contributed by atoms with Crippen molar-refractivity contribution in [2.75, 3.05) is 0 Å². The molecule has 0 saturated heterocycles. The lowest BCUT2D eigenvalue weighted by Crippen LogP contribution is -1.93. The first-order chi connectivity index (χ1) is 12.7. The maximum absolute atomic E-state index is 12.1. The van der Waals surface area contributed by atoms with Crippen LogP contribution in [0.1, 0.15) is 0 Å². The van der Waals surface area contributed by atoms with Gasteiger partial charge in [0.05, 0.1) is 0 Å². The van der Waals surface area contributed by atoms with Gasteiger partial charge in [-0.2, -0.15) is 0 Å². The van der Waals surface area contributed by atoms with Crippen LogP contribution in [0.2, 0.25) is 0 Å². The van der Waals surface area contributed by atoms with Crippen LogP contribution >= 0.6 is 16.5 Å². The minimum atomic E-state index is -2.49. The predicted molar refractivity (Wildman–Crippen MR) is 97.1 cm³/mol. The van der Waals surface area contributed by atoms with Gasteiger partial charge in [0.15, 0.2) is 11.5 Å². The zero-order chi connectivity index (χ0) is 18.2. The fraction of sp³-hybridized carbons (Fsp3) is 0. The maximum Gasteiger partial charge on any atom is 0.805 e. The molecule has 3 rings (SSSR count). The van der Waals surface area contributed by atoms with Crippen LogP contribution in [-0.2, 0) is 9.13 Å². The third-order valence-electron chi connectivity index (χ3n) is 3.04. The summed E-state index contributed by atoms with van der Waals surface area (Å²) in [6, 6.07) is 23.6. The van der Waals surface area contributed by atoms with Crippen molar-refractivity contribution < 1.29 is 27.2 Å². The van der Waals surface area contributed by atoms with Gasteiger partial charge in [-0.15, -0.1) is 0 Å². The molecule has 0 N–H and O–H groups in total. The fourth-order valence-corrected chi connectivity index (χ4v) is 3.22. The molecule has 0 aliphatic heterocycles. The lowest BCUT2D eigenvalue weighted by molar-refractivity contribution is 0.389. The van der Waals surface area contributed by atoms with E-state index in [1.165, 1.54) is 12.1 Å². The molecule has 0 amide bonds. The molecular formula is C18H14O6P2+2. The van der Waals surface area contributed by atoms with E-state index in [-0.39, 0.29) is 11.5 Å². The number of hydrogen-bond donors (Lipinski definition) is 0. The zero-order valence-electron chi connectivity index (χ0n) is 13.4. The van der Waals surface area contributed by atoms with E-state index in [1.54, 1.807) is 60.7 Å². The van der Waals surface area contributed by atoms with Crippen molar-refractivity contribution in [3.8, 4) is 23.0 Å². The first kappa shape index (κ1) is 17.9. The minimum absolute atomic E-state index is 0.129. The highest BCUT2D eigenvalue weighted by molar-refractivity contribution is 7.34. The van der Waals surface area contributed by atoms with Crippen molar-refractivity contribution in [3.63, 3.8) is 0 Å². The van der Waals surface area contributed by atoms with E-state index in [9.17, 15) is 9.13 Å². The normalized spacial score (nSPS) is 11.2. The van der Waals surface area contributed by atoms with E-state index in [1.807, 2.05) is 12.1 Å². The quantitative estimate of drug-likeness (QED) is 0.446. The molecule has 0 heterocycles. The molecule has 8 heteroatoms. The third-order valence-corrected chi connectivity index (χ3v) is 4.45.